The van der Waals surface area contributed by atoms with Gasteiger partial charge in [0.1, 0.15) is 6.04 Å². The Morgan fingerprint density at radius 3 is 2.68 bits per heavy atom. The van der Waals surface area contributed by atoms with Gasteiger partial charge >= 0.3 is 0 Å². The van der Waals surface area contributed by atoms with Gasteiger partial charge in [-0.3, -0.25) is 15.0 Å². The number of carbonyl (C=O) groups excluding carboxylic acids is 2. The number of carbonyl (C=O) groups is 2. The Morgan fingerprint density at radius 2 is 1.96 bits per heavy atom. The molecule has 2 atom stereocenters. The minimum Gasteiger partial charge on any atom is -0.325 e. The van der Waals surface area contributed by atoms with Gasteiger partial charge in [-0.05, 0) is 42.5 Å². The molecule has 0 radical (unpaired) electrons. The molecule has 2 aromatic rings. The van der Waals surface area contributed by atoms with Crippen molar-refractivity contribution in [3.63, 3.8) is 0 Å². The molecule has 0 aliphatic carbocycles. The van der Waals surface area contributed by atoms with Crippen molar-refractivity contribution in [3.8, 4) is 0 Å². The van der Waals surface area contributed by atoms with Gasteiger partial charge in [0.05, 0.1) is 4.88 Å². The van der Waals surface area contributed by atoms with Gasteiger partial charge in [-0.1, -0.05) is 25.5 Å². The average Bonchev–Trinajstić information content (AvgIpc) is 3.27. The monoisotopic (exact) mass is 358 g/mol. The lowest BCUT2D eigenvalue weighted by molar-refractivity contribution is -0.117. The van der Waals surface area contributed by atoms with Crippen LogP contribution in [0.3, 0.4) is 0 Å². The molecule has 132 valence electrons. The highest BCUT2D eigenvalue weighted by molar-refractivity contribution is 7.12. The summed E-state index contributed by atoms with van der Waals surface area (Å²) in [5.74, 6) is -0.227. The second kappa shape index (κ2) is 8.24. The number of hydrogen-bond donors (Lipinski definition) is 4. The maximum Gasteiger partial charge on any atom is 0.265 e. The molecule has 2 heterocycles. The number of hydrogen-bond acceptors (Lipinski definition) is 5. The molecule has 25 heavy (non-hydrogen) atoms. The van der Waals surface area contributed by atoms with Crippen LogP contribution in [0.25, 0.3) is 0 Å². The fourth-order valence-electron chi connectivity index (χ4n) is 2.84. The fraction of sp³-hybridized carbons (Fsp3) is 0.333. The number of amides is 2. The maximum absolute atomic E-state index is 12.4. The summed E-state index contributed by atoms with van der Waals surface area (Å²) in [7, 11) is 0. The second-order valence-electron chi connectivity index (χ2n) is 6.06. The van der Waals surface area contributed by atoms with Crippen LogP contribution in [-0.2, 0) is 4.79 Å². The maximum atomic E-state index is 12.4. The predicted molar refractivity (Wildman–Crippen MR) is 101 cm³/mol. The predicted octanol–water partition coefficient (Wildman–Crippen LogP) is 2.97. The van der Waals surface area contributed by atoms with Crippen LogP contribution in [0.2, 0.25) is 0 Å². The van der Waals surface area contributed by atoms with Crippen LogP contribution in [0, 0.1) is 0 Å². The largest absolute Gasteiger partial charge is 0.325 e. The molecule has 2 unspecified atom stereocenters. The number of hydrazine groups is 1. The SMILES string of the molecule is CCCC1CC(C(=O)Nc2cccc(NC(=O)c3cccs3)c2)NN1. The van der Waals surface area contributed by atoms with Crippen molar-refractivity contribution in [1.29, 1.82) is 0 Å². The molecular weight excluding hydrogens is 336 g/mol. The van der Waals surface area contributed by atoms with Crippen molar-refractivity contribution < 1.29 is 9.59 Å². The van der Waals surface area contributed by atoms with E-state index >= 15 is 0 Å². The molecule has 0 spiro atoms. The molecule has 4 N–H and O–H groups in total. The third kappa shape index (κ3) is 4.66. The van der Waals surface area contributed by atoms with Crippen molar-refractivity contribution in [1.82, 2.24) is 10.9 Å². The minimum atomic E-state index is -0.249. The number of rotatable bonds is 6. The quantitative estimate of drug-likeness (QED) is 0.640. The molecule has 1 aromatic heterocycles. The van der Waals surface area contributed by atoms with Crippen LogP contribution in [0.4, 0.5) is 11.4 Å². The lowest BCUT2D eigenvalue weighted by Crippen LogP contribution is -2.40. The minimum absolute atomic E-state index is 0.0761. The molecule has 3 rings (SSSR count). The van der Waals surface area contributed by atoms with Gasteiger partial charge in [-0.2, -0.15) is 0 Å². The first-order valence-corrected chi connectivity index (χ1v) is 9.30. The summed E-state index contributed by atoms with van der Waals surface area (Å²) in [6, 6.07) is 10.9. The average molecular weight is 358 g/mol. The van der Waals surface area contributed by atoms with E-state index in [1.165, 1.54) is 11.3 Å². The van der Waals surface area contributed by atoms with E-state index in [0.717, 1.165) is 19.3 Å². The van der Waals surface area contributed by atoms with Gasteiger partial charge in [-0.25, -0.2) is 5.43 Å². The molecule has 1 fully saturated rings. The summed E-state index contributed by atoms with van der Waals surface area (Å²) < 4.78 is 0. The van der Waals surface area contributed by atoms with E-state index in [1.54, 1.807) is 24.3 Å². The topological polar surface area (TPSA) is 82.3 Å². The van der Waals surface area contributed by atoms with Gasteiger partial charge < -0.3 is 10.6 Å². The van der Waals surface area contributed by atoms with Crippen molar-refractivity contribution in [2.24, 2.45) is 0 Å². The first kappa shape index (κ1) is 17.6. The van der Waals surface area contributed by atoms with Crippen molar-refractivity contribution in [2.45, 2.75) is 38.3 Å². The van der Waals surface area contributed by atoms with Crippen LogP contribution in [0.1, 0.15) is 35.9 Å². The third-order valence-corrected chi connectivity index (χ3v) is 4.94. The summed E-state index contributed by atoms with van der Waals surface area (Å²) in [5, 5.41) is 7.61. The molecule has 6 nitrogen and oxygen atoms in total. The molecule has 1 saturated heterocycles. The second-order valence-corrected chi connectivity index (χ2v) is 7.01. The Morgan fingerprint density at radius 1 is 1.16 bits per heavy atom. The van der Waals surface area contributed by atoms with E-state index in [-0.39, 0.29) is 17.9 Å². The fourth-order valence-corrected chi connectivity index (χ4v) is 3.46. The van der Waals surface area contributed by atoms with Crippen molar-refractivity contribution in [3.05, 3.63) is 46.7 Å². The highest BCUT2D eigenvalue weighted by Crippen LogP contribution is 2.19. The zero-order valence-electron chi connectivity index (χ0n) is 14.0. The van der Waals surface area contributed by atoms with Crippen LogP contribution in [-0.4, -0.2) is 23.9 Å². The molecule has 1 aliphatic rings. The molecular formula is C18H22N4O2S. The number of thiophene rings is 1. The summed E-state index contributed by atoms with van der Waals surface area (Å²) in [6.45, 7) is 2.13. The molecule has 1 aliphatic heterocycles. The zero-order chi connectivity index (χ0) is 17.6. The van der Waals surface area contributed by atoms with Gasteiger partial charge in [0.15, 0.2) is 0 Å². The lowest BCUT2D eigenvalue weighted by Gasteiger charge is -2.12. The Bertz CT molecular complexity index is 732. The van der Waals surface area contributed by atoms with Crippen molar-refractivity contribution >= 4 is 34.5 Å². The molecule has 1 aromatic carbocycles. The van der Waals surface area contributed by atoms with Crippen LogP contribution >= 0.6 is 11.3 Å². The molecule has 0 bridgehead atoms. The Kier molecular flexibility index (Phi) is 5.80. The van der Waals surface area contributed by atoms with Crippen LogP contribution in [0.15, 0.2) is 41.8 Å². The lowest BCUT2D eigenvalue weighted by atomic mass is 10.1. The van der Waals surface area contributed by atoms with E-state index in [9.17, 15) is 9.59 Å². The number of benzene rings is 1. The Labute approximate surface area is 151 Å². The van der Waals surface area contributed by atoms with E-state index in [1.807, 2.05) is 17.5 Å². The van der Waals surface area contributed by atoms with E-state index in [2.05, 4.69) is 28.4 Å². The van der Waals surface area contributed by atoms with E-state index < -0.39 is 0 Å². The van der Waals surface area contributed by atoms with Gasteiger partial charge in [0, 0.05) is 17.4 Å². The van der Waals surface area contributed by atoms with Gasteiger partial charge in [0.25, 0.3) is 5.91 Å². The summed E-state index contributed by atoms with van der Waals surface area (Å²) in [6.07, 6.45) is 2.90. The smallest absolute Gasteiger partial charge is 0.265 e. The number of nitrogens with one attached hydrogen (secondary N) is 4. The molecule has 7 heteroatoms. The summed E-state index contributed by atoms with van der Waals surface area (Å²) in [5.41, 5.74) is 7.52. The number of anilines is 2. The first-order valence-electron chi connectivity index (χ1n) is 8.42. The zero-order valence-corrected chi connectivity index (χ0v) is 14.9. The standard InChI is InChI=1S/C18H22N4O2S/c1-2-5-14-11-15(22-21-14)17(23)19-12-6-3-7-13(10-12)20-18(24)16-8-4-9-25-16/h3-4,6-10,14-15,21-22H,2,5,11H2,1H3,(H,19,23)(H,20,24). The van der Waals surface area contributed by atoms with E-state index in [0.29, 0.717) is 22.3 Å². The highest BCUT2D eigenvalue weighted by Gasteiger charge is 2.28. The van der Waals surface area contributed by atoms with Crippen LogP contribution in [0.5, 0.6) is 0 Å². The van der Waals surface area contributed by atoms with Gasteiger partial charge in [0.2, 0.25) is 5.91 Å². The van der Waals surface area contributed by atoms with Crippen LogP contribution < -0.4 is 21.5 Å². The van der Waals surface area contributed by atoms with E-state index in [4.69, 9.17) is 0 Å². The Balaban J connectivity index is 1.58. The van der Waals surface area contributed by atoms with Gasteiger partial charge in [-0.15, -0.1) is 11.3 Å². The highest BCUT2D eigenvalue weighted by atomic mass is 32.1. The summed E-state index contributed by atoms with van der Waals surface area (Å²) >= 11 is 1.39. The first-order chi connectivity index (χ1) is 12.2. The third-order valence-electron chi connectivity index (χ3n) is 4.07. The molecule has 2 amide bonds. The summed E-state index contributed by atoms with van der Waals surface area (Å²) in [4.78, 5) is 25.1. The molecule has 0 saturated carbocycles. The normalized spacial score (nSPS) is 19.6. The Hall–Kier alpha value is -2.22. The van der Waals surface area contributed by atoms with Crippen molar-refractivity contribution in [2.75, 3.05) is 10.6 Å².